The molecule has 1 unspecified atom stereocenters. The Kier molecular flexibility index (Phi) is 4.99. The van der Waals surface area contributed by atoms with Crippen molar-refractivity contribution >= 4 is 17.7 Å². The van der Waals surface area contributed by atoms with Gasteiger partial charge in [-0.3, -0.25) is 0 Å². The summed E-state index contributed by atoms with van der Waals surface area (Å²) in [7, 11) is 0. The molecule has 4 nitrogen and oxygen atoms in total. The van der Waals surface area contributed by atoms with Gasteiger partial charge in [-0.15, -0.1) is 0 Å². The molecule has 100 valence electrons. The van der Waals surface area contributed by atoms with E-state index in [2.05, 4.69) is 5.32 Å². The minimum atomic E-state index is -0.926. The summed E-state index contributed by atoms with van der Waals surface area (Å²) in [5.41, 5.74) is 0.176. The van der Waals surface area contributed by atoms with Gasteiger partial charge in [-0.25, -0.2) is 4.79 Å². The molecule has 0 fully saturated rings. The number of halogens is 1. The van der Waals surface area contributed by atoms with Crippen molar-refractivity contribution in [3.8, 4) is 0 Å². The van der Waals surface area contributed by atoms with Gasteiger partial charge in [0.1, 0.15) is 12.7 Å². The lowest BCUT2D eigenvalue weighted by molar-refractivity contribution is 0.0648. The molecule has 1 aromatic carbocycles. The fourth-order valence-electron chi connectivity index (χ4n) is 1.33. The topological polar surface area (TPSA) is 58.6 Å². The third kappa shape index (κ3) is 4.94. The standard InChI is InChI=1S/C13H18ClNO3/c1-13(2,3)15-12(17)18-8-11(16)9-6-4-5-7-10(9)14/h4-7,11,16H,8H2,1-3H3,(H,15,17). The first-order valence-corrected chi connectivity index (χ1v) is 6.05. The number of aliphatic hydroxyl groups excluding tert-OH is 1. The van der Waals surface area contributed by atoms with Crippen LogP contribution in [0, 0.1) is 0 Å². The average Bonchev–Trinajstić information content (AvgIpc) is 2.24. The highest BCUT2D eigenvalue weighted by Gasteiger charge is 2.17. The van der Waals surface area contributed by atoms with Crippen molar-refractivity contribution in [1.82, 2.24) is 5.32 Å². The Hall–Kier alpha value is -1.26. The number of aliphatic hydroxyl groups is 1. The number of ether oxygens (including phenoxy) is 1. The van der Waals surface area contributed by atoms with E-state index >= 15 is 0 Å². The largest absolute Gasteiger partial charge is 0.446 e. The zero-order valence-corrected chi connectivity index (χ0v) is 11.5. The van der Waals surface area contributed by atoms with Crippen LogP contribution in [0.2, 0.25) is 5.02 Å². The Morgan fingerprint density at radius 1 is 1.44 bits per heavy atom. The van der Waals surface area contributed by atoms with Gasteiger partial charge in [0.2, 0.25) is 0 Å². The van der Waals surface area contributed by atoms with Crippen molar-refractivity contribution in [3.05, 3.63) is 34.9 Å². The summed E-state index contributed by atoms with van der Waals surface area (Å²) in [6, 6.07) is 6.90. The van der Waals surface area contributed by atoms with Crippen LogP contribution in [-0.4, -0.2) is 23.3 Å². The van der Waals surface area contributed by atoms with E-state index in [1.54, 1.807) is 24.3 Å². The van der Waals surface area contributed by atoms with Gasteiger partial charge in [0.25, 0.3) is 0 Å². The number of hydrogen-bond donors (Lipinski definition) is 2. The molecule has 5 heteroatoms. The van der Waals surface area contributed by atoms with Gasteiger partial charge < -0.3 is 15.2 Å². The molecular weight excluding hydrogens is 254 g/mol. The minimum absolute atomic E-state index is 0.133. The van der Waals surface area contributed by atoms with Crippen LogP contribution < -0.4 is 5.32 Å². The van der Waals surface area contributed by atoms with Crippen LogP contribution in [0.4, 0.5) is 4.79 Å². The summed E-state index contributed by atoms with van der Waals surface area (Å²) in [6.07, 6.45) is -1.49. The van der Waals surface area contributed by atoms with E-state index in [1.165, 1.54) is 0 Å². The number of carbonyl (C=O) groups is 1. The molecule has 0 bridgehead atoms. The van der Waals surface area contributed by atoms with E-state index < -0.39 is 12.2 Å². The van der Waals surface area contributed by atoms with Gasteiger partial charge in [0.15, 0.2) is 0 Å². The lowest BCUT2D eigenvalue weighted by Crippen LogP contribution is -2.41. The molecule has 0 aromatic heterocycles. The van der Waals surface area contributed by atoms with Crippen molar-refractivity contribution in [2.75, 3.05) is 6.61 Å². The highest BCUT2D eigenvalue weighted by molar-refractivity contribution is 6.31. The molecule has 1 amide bonds. The maximum absolute atomic E-state index is 11.4. The third-order valence-corrected chi connectivity index (χ3v) is 2.46. The first kappa shape index (κ1) is 14.8. The van der Waals surface area contributed by atoms with E-state index in [-0.39, 0.29) is 12.1 Å². The van der Waals surface area contributed by atoms with Crippen molar-refractivity contribution < 1.29 is 14.6 Å². The molecule has 0 heterocycles. The Morgan fingerprint density at radius 2 is 2.06 bits per heavy atom. The zero-order chi connectivity index (χ0) is 13.8. The van der Waals surface area contributed by atoms with E-state index in [9.17, 15) is 9.90 Å². The number of rotatable bonds is 3. The lowest BCUT2D eigenvalue weighted by Gasteiger charge is -2.21. The SMILES string of the molecule is CC(C)(C)NC(=O)OCC(O)c1ccccc1Cl. The summed E-state index contributed by atoms with van der Waals surface area (Å²) in [4.78, 5) is 11.4. The molecule has 1 rings (SSSR count). The van der Waals surface area contributed by atoms with Crippen LogP contribution in [0.5, 0.6) is 0 Å². The number of nitrogens with one attached hydrogen (secondary N) is 1. The molecule has 1 atom stereocenters. The molecule has 0 aliphatic heterocycles. The Balaban J connectivity index is 2.49. The van der Waals surface area contributed by atoms with Crippen LogP contribution in [0.25, 0.3) is 0 Å². The monoisotopic (exact) mass is 271 g/mol. The average molecular weight is 272 g/mol. The van der Waals surface area contributed by atoms with Gasteiger partial charge in [0.05, 0.1) is 0 Å². The van der Waals surface area contributed by atoms with E-state index in [4.69, 9.17) is 16.3 Å². The van der Waals surface area contributed by atoms with Gasteiger partial charge in [-0.1, -0.05) is 29.8 Å². The predicted octanol–water partition coefficient (Wildman–Crippen LogP) is 2.90. The Labute approximate surface area is 112 Å². The first-order chi connectivity index (χ1) is 8.29. The smallest absolute Gasteiger partial charge is 0.407 e. The van der Waals surface area contributed by atoms with Crippen molar-refractivity contribution in [2.45, 2.75) is 32.4 Å². The van der Waals surface area contributed by atoms with Crippen LogP contribution >= 0.6 is 11.6 Å². The van der Waals surface area contributed by atoms with Gasteiger partial charge in [-0.2, -0.15) is 0 Å². The highest BCUT2D eigenvalue weighted by Crippen LogP contribution is 2.22. The number of amides is 1. The van der Waals surface area contributed by atoms with E-state index in [0.29, 0.717) is 10.6 Å². The van der Waals surface area contributed by atoms with Crippen LogP contribution in [0.1, 0.15) is 32.4 Å². The molecule has 0 saturated heterocycles. The predicted molar refractivity (Wildman–Crippen MR) is 70.6 cm³/mol. The quantitative estimate of drug-likeness (QED) is 0.889. The molecule has 2 N–H and O–H groups in total. The summed E-state index contributed by atoms with van der Waals surface area (Å²) < 4.78 is 4.93. The maximum Gasteiger partial charge on any atom is 0.407 e. The molecule has 18 heavy (non-hydrogen) atoms. The summed E-state index contributed by atoms with van der Waals surface area (Å²) in [5.74, 6) is 0. The third-order valence-electron chi connectivity index (χ3n) is 2.11. The lowest BCUT2D eigenvalue weighted by atomic mass is 10.1. The van der Waals surface area contributed by atoms with Crippen molar-refractivity contribution in [1.29, 1.82) is 0 Å². The Bertz CT molecular complexity index is 415. The minimum Gasteiger partial charge on any atom is -0.446 e. The maximum atomic E-state index is 11.4. The fraction of sp³-hybridized carbons (Fsp3) is 0.462. The van der Waals surface area contributed by atoms with Crippen LogP contribution in [-0.2, 0) is 4.74 Å². The van der Waals surface area contributed by atoms with Gasteiger partial charge in [-0.05, 0) is 26.8 Å². The number of carbonyl (C=O) groups excluding carboxylic acids is 1. The van der Waals surface area contributed by atoms with E-state index in [1.807, 2.05) is 20.8 Å². The first-order valence-electron chi connectivity index (χ1n) is 5.67. The second-order valence-electron chi connectivity index (χ2n) is 5.01. The number of hydrogen-bond acceptors (Lipinski definition) is 3. The van der Waals surface area contributed by atoms with Gasteiger partial charge in [0, 0.05) is 16.1 Å². The summed E-state index contributed by atoms with van der Waals surface area (Å²) >= 11 is 5.92. The normalized spacial score (nSPS) is 12.9. The second-order valence-corrected chi connectivity index (χ2v) is 5.42. The van der Waals surface area contributed by atoms with Crippen molar-refractivity contribution in [2.24, 2.45) is 0 Å². The van der Waals surface area contributed by atoms with Crippen molar-refractivity contribution in [3.63, 3.8) is 0 Å². The second kappa shape index (κ2) is 6.07. The summed E-state index contributed by atoms with van der Waals surface area (Å²) in [6.45, 7) is 5.40. The van der Waals surface area contributed by atoms with E-state index in [0.717, 1.165) is 0 Å². The molecule has 0 saturated carbocycles. The number of alkyl carbamates (subject to hydrolysis) is 1. The molecule has 0 aliphatic rings. The fourth-order valence-corrected chi connectivity index (χ4v) is 1.59. The molecule has 1 aromatic rings. The number of benzene rings is 1. The molecular formula is C13H18ClNO3. The van der Waals surface area contributed by atoms with Gasteiger partial charge >= 0.3 is 6.09 Å². The zero-order valence-electron chi connectivity index (χ0n) is 10.7. The molecule has 0 aliphatic carbocycles. The molecule has 0 radical (unpaired) electrons. The molecule has 0 spiro atoms. The Morgan fingerprint density at radius 3 is 2.61 bits per heavy atom. The van der Waals surface area contributed by atoms with Crippen LogP contribution in [0.15, 0.2) is 24.3 Å². The summed E-state index contributed by atoms with van der Waals surface area (Å²) in [5, 5.41) is 12.9. The highest BCUT2D eigenvalue weighted by atomic mass is 35.5. The van der Waals surface area contributed by atoms with Crippen LogP contribution in [0.3, 0.4) is 0 Å².